The van der Waals surface area contributed by atoms with E-state index in [-0.39, 0.29) is 16.2 Å². The van der Waals surface area contributed by atoms with Gasteiger partial charge in [-0.3, -0.25) is 0 Å². The maximum atomic E-state index is 12.8. The Labute approximate surface area is 74.0 Å². The summed E-state index contributed by atoms with van der Waals surface area (Å²) >= 11 is 5.53. The van der Waals surface area contributed by atoms with Crippen LogP contribution in [0.25, 0.3) is 0 Å². The predicted molar refractivity (Wildman–Crippen MR) is 43.8 cm³/mol. The van der Waals surface area contributed by atoms with Gasteiger partial charge in [-0.05, 0) is 12.5 Å². The molecule has 3 nitrogen and oxygen atoms in total. The monoisotopic (exact) mass is 189 g/mol. The van der Waals surface area contributed by atoms with Crippen molar-refractivity contribution in [1.82, 2.24) is 4.98 Å². The Hall–Kier alpha value is -0.645. The lowest BCUT2D eigenvalue weighted by Gasteiger charge is -2.05. The molecule has 0 radical (unpaired) electrons. The fraction of sp³-hybridized carbons (Fsp3) is 0.167. The van der Waals surface area contributed by atoms with Gasteiger partial charge in [-0.15, -0.1) is 0 Å². The molecule has 2 N–H and O–H groups in total. The summed E-state index contributed by atoms with van der Waals surface area (Å²) in [6, 6.07) is 0. The first-order valence-corrected chi connectivity index (χ1v) is 3.58. The van der Waals surface area contributed by atoms with Crippen LogP contribution in [0.5, 0.6) is 0 Å². The van der Waals surface area contributed by atoms with E-state index in [4.69, 9.17) is 21.6 Å². The largest absolute Gasteiger partial charge is 0.491 e. The molecular formula is C6H6BClFNO2. The Balaban J connectivity index is 3.33. The summed E-state index contributed by atoms with van der Waals surface area (Å²) in [4.78, 5) is 3.49. The minimum absolute atomic E-state index is 0.0690. The quantitative estimate of drug-likeness (QED) is 0.478. The zero-order valence-electron chi connectivity index (χ0n) is 6.25. The van der Waals surface area contributed by atoms with E-state index in [0.29, 0.717) is 0 Å². The van der Waals surface area contributed by atoms with Crippen LogP contribution >= 0.6 is 11.6 Å². The van der Waals surface area contributed by atoms with Crippen molar-refractivity contribution in [2.24, 2.45) is 0 Å². The molecule has 0 fully saturated rings. The minimum atomic E-state index is -1.86. The van der Waals surface area contributed by atoms with Gasteiger partial charge < -0.3 is 10.0 Å². The molecule has 0 spiro atoms. The second-order valence-electron chi connectivity index (χ2n) is 2.31. The second-order valence-corrected chi connectivity index (χ2v) is 2.67. The molecule has 0 aliphatic heterocycles. The van der Waals surface area contributed by atoms with E-state index >= 15 is 0 Å². The summed E-state index contributed by atoms with van der Waals surface area (Å²) in [7, 11) is -1.86. The van der Waals surface area contributed by atoms with Gasteiger partial charge in [-0.1, -0.05) is 11.6 Å². The van der Waals surface area contributed by atoms with E-state index in [9.17, 15) is 4.39 Å². The molecule has 12 heavy (non-hydrogen) atoms. The topological polar surface area (TPSA) is 53.4 Å². The van der Waals surface area contributed by atoms with Crippen molar-refractivity contribution in [3.05, 3.63) is 22.7 Å². The van der Waals surface area contributed by atoms with Crippen molar-refractivity contribution in [2.45, 2.75) is 6.92 Å². The van der Waals surface area contributed by atoms with Crippen molar-refractivity contribution in [3.8, 4) is 0 Å². The molecule has 1 aromatic heterocycles. The van der Waals surface area contributed by atoms with Gasteiger partial charge in [0.1, 0.15) is 11.0 Å². The zero-order chi connectivity index (χ0) is 9.30. The number of hydrogen-bond donors (Lipinski definition) is 2. The van der Waals surface area contributed by atoms with E-state index in [0.717, 1.165) is 6.20 Å². The molecule has 0 unspecified atom stereocenters. The first-order valence-electron chi connectivity index (χ1n) is 3.20. The lowest BCUT2D eigenvalue weighted by Crippen LogP contribution is -2.35. The molecule has 0 saturated carbocycles. The highest BCUT2D eigenvalue weighted by Gasteiger charge is 2.21. The zero-order valence-corrected chi connectivity index (χ0v) is 7.01. The van der Waals surface area contributed by atoms with Crippen LogP contribution in [-0.2, 0) is 0 Å². The molecule has 0 aliphatic rings. The number of rotatable bonds is 1. The molecule has 1 rings (SSSR count). The minimum Gasteiger partial charge on any atom is -0.423 e. The third-order valence-corrected chi connectivity index (χ3v) is 1.90. The van der Waals surface area contributed by atoms with Gasteiger partial charge in [0.15, 0.2) is 0 Å². The molecule has 0 amide bonds. The Morgan fingerprint density at radius 2 is 2.17 bits per heavy atom. The molecule has 0 saturated heterocycles. The highest BCUT2D eigenvalue weighted by molar-refractivity contribution is 6.59. The molecule has 0 bridgehead atoms. The highest BCUT2D eigenvalue weighted by atomic mass is 35.5. The highest BCUT2D eigenvalue weighted by Crippen LogP contribution is 2.10. The number of nitrogens with zero attached hydrogens (tertiary/aromatic N) is 1. The van der Waals surface area contributed by atoms with Crippen LogP contribution in [0.4, 0.5) is 4.39 Å². The lowest BCUT2D eigenvalue weighted by molar-refractivity contribution is 0.422. The summed E-state index contributed by atoms with van der Waals surface area (Å²) in [5.41, 5.74) is 0.0154. The van der Waals surface area contributed by atoms with Crippen LogP contribution in [0.15, 0.2) is 6.20 Å². The Bertz CT molecular complexity index is 308. The van der Waals surface area contributed by atoms with Gasteiger partial charge in [0.05, 0.1) is 6.20 Å². The fourth-order valence-corrected chi connectivity index (χ4v) is 1.04. The molecule has 0 aromatic carbocycles. The van der Waals surface area contributed by atoms with Gasteiger partial charge >= 0.3 is 7.12 Å². The first kappa shape index (κ1) is 9.44. The average molecular weight is 189 g/mol. The van der Waals surface area contributed by atoms with Gasteiger partial charge in [0.2, 0.25) is 0 Å². The maximum Gasteiger partial charge on any atom is 0.491 e. The summed E-state index contributed by atoms with van der Waals surface area (Å²) < 4.78 is 12.8. The van der Waals surface area contributed by atoms with E-state index in [2.05, 4.69) is 4.98 Å². The maximum absolute atomic E-state index is 12.8. The summed E-state index contributed by atoms with van der Waals surface area (Å²) in [6.45, 7) is 1.47. The Morgan fingerprint density at radius 3 is 2.58 bits per heavy atom. The van der Waals surface area contributed by atoms with Crippen LogP contribution in [-0.4, -0.2) is 22.2 Å². The lowest BCUT2D eigenvalue weighted by atomic mass is 9.78. The third kappa shape index (κ3) is 1.58. The van der Waals surface area contributed by atoms with Crippen LogP contribution < -0.4 is 5.46 Å². The van der Waals surface area contributed by atoms with Crippen molar-refractivity contribution in [1.29, 1.82) is 0 Å². The molecule has 1 heterocycles. The summed E-state index contributed by atoms with van der Waals surface area (Å²) in [5, 5.41) is 17.5. The van der Waals surface area contributed by atoms with Gasteiger partial charge in [0, 0.05) is 5.46 Å². The van der Waals surface area contributed by atoms with Crippen molar-refractivity contribution < 1.29 is 14.4 Å². The number of halogens is 2. The molecular weight excluding hydrogens is 183 g/mol. The fourth-order valence-electron chi connectivity index (χ4n) is 0.887. The van der Waals surface area contributed by atoms with Crippen molar-refractivity contribution >= 4 is 24.2 Å². The number of pyridine rings is 1. The smallest absolute Gasteiger partial charge is 0.423 e. The number of aromatic nitrogens is 1. The standard InChI is InChI=1S/C6H6BClFNO2/c1-3-5(7(11)12)4(9)2-10-6(3)8/h2,11-12H,1H3. The van der Waals surface area contributed by atoms with Crippen LogP contribution in [0, 0.1) is 12.7 Å². The molecule has 0 atom stereocenters. The van der Waals surface area contributed by atoms with Crippen molar-refractivity contribution in [2.75, 3.05) is 0 Å². The van der Waals surface area contributed by atoms with Crippen LogP contribution in [0.2, 0.25) is 5.15 Å². The van der Waals surface area contributed by atoms with Crippen LogP contribution in [0.1, 0.15) is 5.56 Å². The average Bonchev–Trinajstić information content (AvgIpc) is 1.97. The summed E-state index contributed by atoms with van der Waals surface area (Å²) in [6.07, 6.45) is 0.851. The first-order chi connectivity index (χ1) is 5.54. The Kier molecular flexibility index (Phi) is 2.67. The molecule has 0 aliphatic carbocycles. The summed E-state index contributed by atoms with van der Waals surface area (Å²) in [5.74, 6) is -0.771. The van der Waals surface area contributed by atoms with E-state index in [1.54, 1.807) is 0 Å². The van der Waals surface area contributed by atoms with Crippen molar-refractivity contribution in [3.63, 3.8) is 0 Å². The number of hydrogen-bond acceptors (Lipinski definition) is 3. The van der Waals surface area contributed by atoms with E-state index < -0.39 is 12.9 Å². The predicted octanol–water partition coefficient (Wildman–Crippen LogP) is -0.138. The normalized spacial score (nSPS) is 10.1. The van der Waals surface area contributed by atoms with E-state index in [1.807, 2.05) is 0 Å². The molecule has 1 aromatic rings. The van der Waals surface area contributed by atoms with Gasteiger partial charge in [-0.2, -0.15) is 0 Å². The van der Waals surface area contributed by atoms with Gasteiger partial charge in [0.25, 0.3) is 0 Å². The Morgan fingerprint density at radius 1 is 1.58 bits per heavy atom. The second kappa shape index (κ2) is 3.39. The molecule has 64 valence electrons. The molecule has 6 heteroatoms. The van der Waals surface area contributed by atoms with Gasteiger partial charge in [-0.25, -0.2) is 9.37 Å². The van der Waals surface area contributed by atoms with Crippen LogP contribution in [0.3, 0.4) is 0 Å². The van der Waals surface area contributed by atoms with E-state index in [1.165, 1.54) is 6.92 Å². The SMILES string of the molecule is Cc1c(Cl)ncc(F)c1B(O)O. The third-order valence-electron chi connectivity index (χ3n) is 1.52.